The summed E-state index contributed by atoms with van der Waals surface area (Å²) in [7, 11) is 3.07. The van der Waals surface area contributed by atoms with Crippen molar-refractivity contribution in [3.05, 3.63) is 58.7 Å². The Hall–Kier alpha value is -2.75. The van der Waals surface area contributed by atoms with E-state index in [1.165, 1.54) is 13.2 Å². The Labute approximate surface area is 136 Å². The number of benzene rings is 2. The predicted molar refractivity (Wildman–Crippen MR) is 90.5 cm³/mol. The summed E-state index contributed by atoms with van der Waals surface area (Å²) in [6.07, 6.45) is 3.05. The first kappa shape index (κ1) is 16.6. The number of aryl methyl sites for hydroxylation is 1. The third-order valence-electron chi connectivity index (χ3n) is 3.82. The van der Waals surface area contributed by atoms with E-state index < -0.39 is 0 Å². The summed E-state index contributed by atoms with van der Waals surface area (Å²) in [6.45, 7) is 3.77. The molecular weight excluding hydrogens is 292 g/mol. The highest BCUT2D eigenvalue weighted by molar-refractivity contribution is 6.07. The molecule has 0 spiro atoms. The van der Waals surface area contributed by atoms with Gasteiger partial charge >= 0.3 is 0 Å². The Kier molecular flexibility index (Phi) is 5.06. The molecule has 0 aromatic heterocycles. The van der Waals surface area contributed by atoms with Crippen LogP contribution in [0.2, 0.25) is 0 Å². The van der Waals surface area contributed by atoms with Gasteiger partial charge in [0, 0.05) is 11.1 Å². The van der Waals surface area contributed by atoms with Crippen molar-refractivity contribution in [2.24, 2.45) is 0 Å². The Morgan fingerprint density at radius 2 is 1.74 bits per heavy atom. The third kappa shape index (κ3) is 3.54. The zero-order chi connectivity index (χ0) is 17.0. The standard InChI is InChI=1S/C19H20O4/c1-12-5-6-14(19(21)13(12)2)7-9-16(20)15-8-10-17(22-3)18(11-15)23-4/h5-11,21H,1-4H3/b9-7+. The van der Waals surface area contributed by atoms with E-state index in [4.69, 9.17) is 9.47 Å². The number of hydrogen-bond acceptors (Lipinski definition) is 4. The highest BCUT2D eigenvalue weighted by atomic mass is 16.5. The van der Waals surface area contributed by atoms with Gasteiger partial charge in [-0.3, -0.25) is 4.79 Å². The van der Waals surface area contributed by atoms with Crippen LogP contribution < -0.4 is 9.47 Å². The Morgan fingerprint density at radius 3 is 2.39 bits per heavy atom. The Balaban J connectivity index is 2.27. The van der Waals surface area contributed by atoms with Crippen molar-refractivity contribution in [3.8, 4) is 17.2 Å². The van der Waals surface area contributed by atoms with Gasteiger partial charge in [-0.05, 0) is 55.3 Å². The normalized spacial score (nSPS) is 10.8. The molecule has 0 aliphatic rings. The van der Waals surface area contributed by atoms with Crippen molar-refractivity contribution in [1.82, 2.24) is 0 Å². The molecule has 2 aromatic carbocycles. The second-order valence-corrected chi connectivity index (χ2v) is 5.21. The number of ether oxygens (including phenoxy) is 2. The molecule has 0 aliphatic heterocycles. The van der Waals surface area contributed by atoms with Crippen molar-refractivity contribution in [3.63, 3.8) is 0 Å². The van der Waals surface area contributed by atoms with E-state index >= 15 is 0 Å². The Morgan fingerprint density at radius 1 is 1.04 bits per heavy atom. The quantitative estimate of drug-likeness (QED) is 0.671. The zero-order valence-corrected chi connectivity index (χ0v) is 13.7. The molecule has 0 saturated carbocycles. The van der Waals surface area contributed by atoms with E-state index in [2.05, 4.69) is 0 Å². The van der Waals surface area contributed by atoms with Crippen LogP contribution in [0.3, 0.4) is 0 Å². The molecule has 0 saturated heterocycles. The van der Waals surface area contributed by atoms with Gasteiger partial charge in [0.05, 0.1) is 14.2 Å². The number of hydrogen-bond donors (Lipinski definition) is 1. The van der Waals surface area contributed by atoms with Gasteiger partial charge in [0.15, 0.2) is 17.3 Å². The van der Waals surface area contributed by atoms with Gasteiger partial charge in [0.2, 0.25) is 0 Å². The SMILES string of the molecule is COc1ccc(C(=O)/C=C/c2ccc(C)c(C)c2O)cc1OC. The van der Waals surface area contributed by atoms with Gasteiger partial charge in [0.25, 0.3) is 0 Å². The lowest BCUT2D eigenvalue weighted by Crippen LogP contribution is -1.97. The minimum absolute atomic E-state index is 0.177. The summed E-state index contributed by atoms with van der Waals surface area (Å²) in [6, 6.07) is 8.69. The molecule has 0 heterocycles. The number of rotatable bonds is 5. The van der Waals surface area contributed by atoms with E-state index in [0.29, 0.717) is 22.6 Å². The van der Waals surface area contributed by atoms with Crippen LogP contribution in [0.15, 0.2) is 36.4 Å². The smallest absolute Gasteiger partial charge is 0.185 e. The van der Waals surface area contributed by atoms with Crippen LogP contribution in [0.4, 0.5) is 0 Å². The number of phenolic OH excluding ortho intramolecular Hbond substituents is 1. The van der Waals surface area contributed by atoms with Gasteiger partial charge in [-0.25, -0.2) is 0 Å². The second-order valence-electron chi connectivity index (χ2n) is 5.21. The maximum absolute atomic E-state index is 12.3. The van der Waals surface area contributed by atoms with Crippen molar-refractivity contribution in [2.75, 3.05) is 14.2 Å². The number of carbonyl (C=O) groups is 1. The van der Waals surface area contributed by atoms with Crippen molar-refractivity contribution >= 4 is 11.9 Å². The molecule has 1 N–H and O–H groups in total. The number of carbonyl (C=O) groups excluding carboxylic acids is 1. The number of ketones is 1. The fraction of sp³-hybridized carbons (Fsp3) is 0.211. The summed E-state index contributed by atoms with van der Waals surface area (Å²) < 4.78 is 10.3. The van der Waals surface area contributed by atoms with Crippen LogP contribution in [0.25, 0.3) is 6.08 Å². The lowest BCUT2D eigenvalue weighted by molar-refractivity contribution is 0.104. The lowest BCUT2D eigenvalue weighted by Gasteiger charge is -2.08. The average Bonchev–Trinajstić information content (AvgIpc) is 2.58. The summed E-state index contributed by atoms with van der Waals surface area (Å²) >= 11 is 0. The van der Waals surface area contributed by atoms with E-state index in [1.807, 2.05) is 19.9 Å². The maximum atomic E-state index is 12.3. The summed E-state index contributed by atoms with van der Waals surface area (Å²) in [5.41, 5.74) is 2.92. The topological polar surface area (TPSA) is 55.8 Å². The molecule has 23 heavy (non-hydrogen) atoms. The van der Waals surface area contributed by atoms with Crippen LogP contribution in [0, 0.1) is 13.8 Å². The molecule has 4 nitrogen and oxygen atoms in total. The molecule has 0 atom stereocenters. The first-order chi connectivity index (χ1) is 11.0. The fourth-order valence-electron chi connectivity index (χ4n) is 2.21. The minimum atomic E-state index is -0.177. The number of aromatic hydroxyl groups is 1. The van der Waals surface area contributed by atoms with Crippen LogP contribution in [0.1, 0.15) is 27.0 Å². The van der Waals surface area contributed by atoms with E-state index in [1.54, 1.807) is 37.5 Å². The van der Waals surface area contributed by atoms with Crippen molar-refractivity contribution < 1.29 is 19.4 Å². The average molecular weight is 312 g/mol. The Bertz CT molecular complexity index is 760. The predicted octanol–water partition coefficient (Wildman–Crippen LogP) is 3.92. The molecule has 2 aromatic rings. The van der Waals surface area contributed by atoms with Crippen LogP contribution in [-0.4, -0.2) is 25.1 Å². The molecule has 0 unspecified atom stereocenters. The largest absolute Gasteiger partial charge is 0.507 e. The van der Waals surface area contributed by atoms with Gasteiger partial charge in [-0.2, -0.15) is 0 Å². The fourth-order valence-corrected chi connectivity index (χ4v) is 2.21. The summed E-state index contributed by atoms with van der Waals surface area (Å²) in [4.78, 5) is 12.3. The molecule has 4 heteroatoms. The lowest BCUT2D eigenvalue weighted by atomic mass is 10.0. The molecule has 0 fully saturated rings. The maximum Gasteiger partial charge on any atom is 0.185 e. The van der Waals surface area contributed by atoms with E-state index in [9.17, 15) is 9.90 Å². The molecule has 120 valence electrons. The number of phenols is 1. The molecule has 0 radical (unpaired) electrons. The molecule has 2 rings (SSSR count). The highest BCUT2D eigenvalue weighted by Gasteiger charge is 2.09. The molecule has 0 bridgehead atoms. The molecule has 0 aliphatic carbocycles. The second kappa shape index (κ2) is 7.01. The first-order valence-electron chi connectivity index (χ1n) is 7.21. The minimum Gasteiger partial charge on any atom is -0.507 e. The van der Waals surface area contributed by atoms with Crippen LogP contribution in [0.5, 0.6) is 17.2 Å². The first-order valence-corrected chi connectivity index (χ1v) is 7.21. The summed E-state index contributed by atoms with van der Waals surface area (Å²) in [5.74, 6) is 1.09. The van der Waals surface area contributed by atoms with Gasteiger partial charge in [-0.1, -0.05) is 12.1 Å². The zero-order valence-electron chi connectivity index (χ0n) is 13.7. The van der Waals surface area contributed by atoms with Gasteiger partial charge in [0.1, 0.15) is 5.75 Å². The van der Waals surface area contributed by atoms with Crippen molar-refractivity contribution in [2.45, 2.75) is 13.8 Å². The third-order valence-corrected chi connectivity index (χ3v) is 3.82. The molecule has 0 amide bonds. The molecular formula is C19H20O4. The van der Waals surface area contributed by atoms with Gasteiger partial charge in [-0.15, -0.1) is 0 Å². The van der Waals surface area contributed by atoms with Crippen molar-refractivity contribution in [1.29, 1.82) is 0 Å². The van der Waals surface area contributed by atoms with E-state index in [-0.39, 0.29) is 11.5 Å². The van der Waals surface area contributed by atoms with Crippen LogP contribution in [-0.2, 0) is 0 Å². The van der Waals surface area contributed by atoms with Gasteiger partial charge < -0.3 is 14.6 Å². The number of methoxy groups -OCH3 is 2. The highest BCUT2D eigenvalue weighted by Crippen LogP contribution is 2.29. The monoisotopic (exact) mass is 312 g/mol. The van der Waals surface area contributed by atoms with Crippen LogP contribution >= 0.6 is 0 Å². The summed E-state index contributed by atoms with van der Waals surface area (Å²) in [5, 5.41) is 10.1. The van der Waals surface area contributed by atoms with E-state index in [0.717, 1.165) is 11.1 Å². The number of allylic oxidation sites excluding steroid dienone is 1.